The zero-order valence-corrected chi connectivity index (χ0v) is 14.1. The average Bonchev–Trinajstić information content (AvgIpc) is 2.63. The molecule has 0 unspecified atom stereocenters. The summed E-state index contributed by atoms with van der Waals surface area (Å²) in [6.07, 6.45) is 1.77. The Hall–Kier alpha value is -2.11. The summed E-state index contributed by atoms with van der Waals surface area (Å²) in [5.74, 6) is 1.50. The average molecular weight is 326 g/mol. The Morgan fingerprint density at radius 1 is 1.12 bits per heavy atom. The highest BCUT2D eigenvalue weighted by molar-refractivity contribution is 5.32. The van der Waals surface area contributed by atoms with Crippen molar-refractivity contribution in [2.24, 2.45) is 0 Å². The third-order valence-electron chi connectivity index (χ3n) is 4.12. The van der Waals surface area contributed by atoms with Crippen LogP contribution in [0.2, 0.25) is 0 Å². The second kappa shape index (κ2) is 8.66. The third-order valence-corrected chi connectivity index (χ3v) is 4.12. The molecule has 1 saturated heterocycles. The van der Waals surface area contributed by atoms with Crippen LogP contribution in [-0.4, -0.2) is 61.2 Å². The highest BCUT2D eigenvalue weighted by Crippen LogP contribution is 2.19. The molecule has 5 heteroatoms. The van der Waals surface area contributed by atoms with Gasteiger partial charge in [-0.1, -0.05) is 6.07 Å². The highest BCUT2D eigenvalue weighted by atomic mass is 16.5. The van der Waals surface area contributed by atoms with Crippen LogP contribution >= 0.6 is 0 Å². The van der Waals surface area contributed by atoms with Gasteiger partial charge in [0.2, 0.25) is 0 Å². The van der Waals surface area contributed by atoms with Crippen molar-refractivity contribution in [3.63, 3.8) is 0 Å². The molecule has 2 aromatic rings. The van der Waals surface area contributed by atoms with E-state index in [0.29, 0.717) is 13.2 Å². The van der Waals surface area contributed by atoms with Crippen molar-refractivity contribution in [2.75, 3.05) is 46.4 Å². The summed E-state index contributed by atoms with van der Waals surface area (Å²) in [6, 6.07) is 14.5. The van der Waals surface area contributed by atoms with Crippen molar-refractivity contribution in [1.82, 2.24) is 14.8 Å². The monoisotopic (exact) mass is 326 g/mol. The van der Waals surface area contributed by atoms with E-state index in [9.17, 15) is 0 Å². The summed E-state index contributed by atoms with van der Waals surface area (Å²) in [4.78, 5) is 9.04. The molecule has 3 rings (SSSR count). The maximum atomic E-state index is 5.82. The number of aromatic nitrogens is 1. The van der Waals surface area contributed by atoms with Gasteiger partial charge in [-0.05, 0) is 31.3 Å². The molecule has 0 aliphatic carbocycles. The molecule has 0 saturated carbocycles. The minimum Gasteiger partial charge on any atom is -0.491 e. The van der Waals surface area contributed by atoms with Crippen molar-refractivity contribution in [1.29, 1.82) is 0 Å². The summed E-state index contributed by atoms with van der Waals surface area (Å²) in [6.45, 7) is 6.54. The maximum absolute atomic E-state index is 5.82. The normalized spacial score (nSPS) is 16.0. The molecule has 24 heavy (non-hydrogen) atoms. The smallest absolute Gasteiger partial charge is 0.131 e. The fraction of sp³-hybridized carbons (Fsp3) is 0.421. The first-order chi connectivity index (χ1) is 11.8. The molecular weight excluding hydrogens is 302 g/mol. The number of pyridine rings is 1. The van der Waals surface area contributed by atoms with E-state index in [1.807, 2.05) is 36.4 Å². The Bertz CT molecular complexity index is 613. The SMILES string of the molecule is CN1CCN(CCOc2[c]ccc(OCc3ccccn3)c2)CC1. The summed E-state index contributed by atoms with van der Waals surface area (Å²) in [7, 11) is 2.17. The van der Waals surface area contributed by atoms with Gasteiger partial charge in [0.15, 0.2) is 0 Å². The lowest BCUT2D eigenvalue weighted by Gasteiger charge is -2.32. The maximum Gasteiger partial charge on any atom is 0.131 e. The molecule has 0 atom stereocenters. The number of nitrogens with zero attached hydrogens (tertiary/aromatic N) is 3. The zero-order valence-electron chi connectivity index (χ0n) is 14.1. The second-order valence-corrected chi connectivity index (χ2v) is 5.99. The van der Waals surface area contributed by atoms with Gasteiger partial charge in [-0.25, -0.2) is 0 Å². The lowest BCUT2D eigenvalue weighted by atomic mass is 10.3. The first kappa shape index (κ1) is 16.7. The lowest BCUT2D eigenvalue weighted by Crippen LogP contribution is -2.45. The number of ether oxygens (including phenoxy) is 2. The Labute approximate surface area is 143 Å². The van der Waals surface area contributed by atoms with Gasteiger partial charge in [-0.3, -0.25) is 9.88 Å². The van der Waals surface area contributed by atoms with Gasteiger partial charge in [0.25, 0.3) is 0 Å². The van der Waals surface area contributed by atoms with Crippen LogP contribution in [0.1, 0.15) is 5.69 Å². The number of benzene rings is 1. The summed E-state index contributed by atoms with van der Waals surface area (Å²) >= 11 is 0. The predicted octanol–water partition coefficient (Wildman–Crippen LogP) is 2.09. The Morgan fingerprint density at radius 2 is 2.00 bits per heavy atom. The van der Waals surface area contributed by atoms with Crippen LogP contribution in [0.3, 0.4) is 0 Å². The first-order valence-corrected chi connectivity index (χ1v) is 8.38. The fourth-order valence-electron chi connectivity index (χ4n) is 2.59. The molecule has 0 amide bonds. The van der Waals surface area contributed by atoms with Gasteiger partial charge in [0.05, 0.1) is 5.69 Å². The molecule has 1 aromatic heterocycles. The van der Waals surface area contributed by atoms with Gasteiger partial charge in [-0.15, -0.1) is 0 Å². The van der Waals surface area contributed by atoms with E-state index in [4.69, 9.17) is 9.47 Å². The number of hydrogen-bond donors (Lipinski definition) is 0. The number of hydrogen-bond acceptors (Lipinski definition) is 5. The van der Waals surface area contributed by atoms with E-state index in [1.165, 1.54) is 0 Å². The van der Waals surface area contributed by atoms with E-state index in [-0.39, 0.29) is 0 Å². The first-order valence-electron chi connectivity index (χ1n) is 8.38. The molecule has 1 aromatic carbocycles. The van der Waals surface area contributed by atoms with Crippen LogP contribution in [0, 0.1) is 6.07 Å². The summed E-state index contributed by atoms with van der Waals surface area (Å²) < 4.78 is 11.6. The van der Waals surface area contributed by atoms with Crippen molar-refractivity contribution in [2.45, 2.75) is 6.61 Å². The standard InChI is InChI=1S/C19H24N3O2/c1-21-9-11-22(12-10-21)13-14-23-18-6-4-7-19(15-18)24-16-17-5-2-3-8-20-17/h2-5,7-8,15H,9-14,16H2,1H3. The van der Waals surface area contributed by atoms with E-state index >= 15 is 0 Å². The molecular formula is C19H24N3O2. The molecule has 5 nitrogen and oxygen atoms in total. The molecule has 0 bridgehead atoms. The predicted molar refractivity (Wildman–Crippen MR) is 93.3 cm³/mol. The fourth-order valence-corrected chi connectivity index (χ4v) is 2.59. The van der Waals surface area contributed by atoms with Gasteiger partial charge >= 0.3 is 0 Å². The van der Waals surface area contributed by atoms with Crippen LogP contribution in [0.15, 0.2) is 42.6 Å². The van der Waals surface area contributed by atoms with E-state index < -0.39 is 0 Å². The number of rotatable bonds is 7. The molecule has 0 spiro atoms. The molecule has 1 aliphatic rings. The minimum absolute atomic E-state index is 0.450. The van der Waals surface area contributed by atoms with Crippen molar-refractivity contribution in [3.8, 4) is 11.5 Å². The number of likely N-dealkylation sites (N-methyl/N-ethyl adjacent to an activating group) is 1. The minimum atomic E-state index is 0.450. The quantitative estimate of drug-likeness (QED) is 0.779. The largest absolute Gasteiger partial charge is 0.491 e. The van der Waals surface area contributed by atoms with Gasteiger partial charge in [0.1, 0.15) is 24.7 Å². The molecule has 127 valence electrons. The lowest BCUT2D eigenvalue weighted by molar-refractivity contribution is 0.133. The highest BCUT2D eigenvalue weighted by Gasteiger charge is 2.13. The van der Waals surface area contributed by atoms with Crippen molar-refractivity contribution in [3.05, 3.63) is 54.4 Å². The van der Waals surface area contributed by atoms with Gasteiger partial charge < -0.3 is 14.4 Å². The van der Waals surface area contributed by atoms with Crippen LogP contribution in [0.4, 0.5) is 0 Å². The molecule has 0 N–H and O–H groups in total. The second-order valence-electron chi connectivity index (χ2n) is 5.99. The Kier molecular flexibility index (Phi) is 6.04. The Morgan fingerprint density at radius 3 is 2.79 bits per heavy atom. The third kappa shape index (κ3) is 5.22. The summed E-state index contributed by atoms with van der Waals surface area (Å²) in [5, 5.41) is 0. The zero-order chi connectivity index (χ0) is 16.6. The van der Waals surface area contributed by atoms with Crippen LogP contribution in [-0.2, 0) is 6.61 Å². The van der Waals surface area contributed by atoms with Crippen LogP contribution < -0.4 is 9.47 Å². The van der Waals surface area contributed by atoms with E-state index in [0.717, 1.165) is 49.9 Å². The molecule has 1 fully saturated rings. The summed E-state index contributed by atoms with van der Waals surface area (Å²) in [5.41, 5.74) is 0.905. The van der Waals surface area contributed by atoms with Crippen molar-refractivity contribution < 1.29 is 9.47 Å². The van der Waals surface area contributed by atoms with Crippen LogP contribution in [0.5, 0.6) is 11.5 Å². The Balaban J connectivity index is 1.43. The topological polar surface area (TPSA) is 37.8 Å². The van der Waals surface area contributed by atoms with Gasteiger partial charge in [0, 0.05) is 51.1 Å². The van der Waals surface area contributed by atoms with Crippen molar-refractivity contribution >= 4 is 0 Å². The molecule has 2 heterocycles. The van der Waals surface area contributed by atoms with Gasteiger partial charge in [-0.2, -0.15) is 0 Å². The van der Waals surface area contributed by atoms with Crippen LogP contribution in [0.25, 0.3) is 0 Å². The number of piperazine rings is 1. The van der Waals surface area contributed by atoms with E-state index in [2.05, 4.69) is 27.9 Å². The molecule has 1 aliphatic heterocycles. The van der Waals surface area contributed by atoms with E-state index in [1.54, 1.807) is 6.20 Å². The molecule has 1 radical (unpaired) electrons.